The van der Waals surface area contributed by atoms with Crippen molar-refractivity contribution in [3.63, 3.8) is 0 Å². The summed E-state index contributed by atoms with van der Waals surface area (Å²) >= 11 is 0. The van der Waals surface area contributed by atoms with E-state index in [4.69, 9.17) is 14.0 Å². The Bertz CT molecular complexity index is 297. The molecule has 0 aromatic carbocycles. The molecule has 2 rings (SSSR count). The van der Waals surface area contributed by atoms with E-state index in [9.17, 15) is 0 Å². The van der Waals surface area contributed by atoms with E-state index in [0.717, 1.165) is 13.0 Å². The van der Waals surface area contributed by atoms with Crippen molar-refractivity contribution in [3.8, 4) is 0 Å². The molecule has 1 aliphatic rings. The molecule has 6 heteroatoms. The van der Waals surface area contributed by atoms with Crippen molar-refractivity contribution in [1.82, 2.24) is 10.1 Å². The van der Waals surface area contributed by atoms with Crippen molar-refractivity contribution in [3.05, 3.63) is 5.82 Å². The fourth-order valence-electron chi connectivity index (χ4n) is 1.31. The van der Waals surface area contributed by atoms with Crippen LogP contribution < -0.4 is 5.32 Å². The highest BCUT2D eigenvalue weighted by molar-refractivity contribution is 5.18. The van der Waals surface area contributed by atoms with Gasteiger partial charge in [-0.2, -0.15) is 4.98 Å². The molecule has 1 unspecified atom stereocenters. The number of nitrogens with zero attached hydrogens (tertiary/aromatic N) is 2. The normalized spacial score (nSPS) is 21.5. The lowest BCUT2D eigenvalue weighted by Gasteiger charge is -2.19. The minimum atomic E-state index is -0.195. The number of hydrogen-bond donors (Lipinski definition) is 1. The Morgan fingerprint density at radius 2 is 2.40 bits per heavy atom. The van der Waals surface area contributed by atoms with Crippen LogP contribution in [0, 0.1) is 0 Å². The van der Waals surface area contributed by atoms with Crippen molar-refractivity contribution >= 4 is 6.01 Å². The van der Waals surface area contributed by atoms with Crippen LogP contribution in [-0.4, -0.2) is 36.5 Å². The quantitative estimate of drug-likeness (QED) is 0.804. The third-order valence-electron chi connectivity index (χ3n) is 2.07. The second-order valence-corrected chi connectivity index (χ2v) is 3.32. The molecule has 1 N–H and O–H groups in total. The smallest absolute Gasteiger partial charge is 0.321 e. The van der Waals surface area contributed by atoms with Gasteiger partial charge in [-0.25, -0.2) is 0 Å². The van der Waals surface area contributed by atoms with Crippen molar-refractivity contribution in [2.24, 2.45) is 0 Å². The molecule has 0 bridgehead atoms. The zero-order valence-electron chi connectivity index (χ0n) is 8.73. The summed E-state index contributed by atoms with van der Waals surface area (Å²) < 4.78 is 15.7. The lowest BCUT2D eigenvalue weighted by Crippen LogP contribution is -2.22. The van der Waals surface area contributed by atoms with Crippen LogP contribution in [0.2, 0.25) is 0 Å². The first kappa shape index (κ1) is 10.4. The molecule has 0 spiro atoms. The summed E-state index contributed by atoms with van der Waals surface area (Å²) in [4.78, 5) is 4.18. The maximum absolute atomic E-state index is 5.44. The van der Waals surface area contributed by atoms with E-state index in [1.165, 1.54) is 0 Å². The summed E-state index contributed by atoms with van der Waals surface area (Å²) in [5, 5.41) is 6.86. The molecule has 1 aromatic heterocycles. The molecule has 1 saturated heterocycles. The predicted molar refractivity (Wildman–Crippen MR) is 52.6 cm³/mol. The van der Waals surface area contributed by atoms with Gasteiger partial charge in [-0.05, 0) is 6.42 Å². The van der Waals surface area contributed by atoms with Gasteiger partial charge in [0.15, 0.2) is 0 Å². The van der Waals surface area contributed by atoms with Gasteiger partial charge in [0.25, 0.3) is 0 Å². The third-order valence-corrected chi connectivity index (χ3v) is 2.07. The van der Waals surface area contributed by atoms with Crippen LogP contribution in [-0.2, 0) is 9.47 Å². The van der Waals surface area contributed by atoms with E-state index in [-0.39, 0.29) is 6.10 Å². The van der Waals surface area contributed by atoms with E-state index in [1.807, 2.05) is 0 Å². The van der Waals surface area contributed by atoms with Gasteiger partial charge in [0.1, 0.15) is 6.10 Å². The van der Waals surface area contributed by atoms with E-state index in [0.29, 0.717) is 31.7 Å². The van der Waals surface area contributed by atoms with E-state index >= 15 is 0 Å². The Balaban J connectivity index is 1.93. The Kier molecular flexibility index (Phi) is 3.52. The topological polar surface area (TPSA) is 69.4 Å². The highest BCUT2D eigenvalue weighted by atomic mass is 16.6. The van der Waals surface area contributed by atoms with Crippen molar-refractivity contribution in [1.29, 1.82) is 0 Å². The van der Waals surface area contributed by atoms with Crippen LogP contribution in [0.25, 0.3) is 0 Å². The Labute approximate surface area is 87.9 Å². The number of hydrogen-bond acceptors (Lipinski definition) is 6. The van der Waals surface area contributed by atoms with Crippen molar-refractivity contribution < 1.29 is 14.0 Å². The maximum atomic E-state index is 5.44. The molecule has 1 aliphatic heterocycles. The predicted octanol–water partition coefficient (Wildman–Crippen LogP) is 0.979. The van der Waals surface area contributed by atoms with Crippen LogP contribution in [0.3, 0.4) is 0 Å². The number of nitrogens with one attached hydrogen (secondary N) is 1. The van der Waals surface area contributed by atoms with E-state index < -0.39 is 0 Å². The number of anilines is 1. The zero-order chi connectivity index (χ0) is 10.5. The monoisotopic (exact) mass is 213 g/mol. The number of rotatable bonds is 4. The van der Waals surface area contributed by atoms with Gasteiger partial charge in [0.2, 0.25) is 5.82 Å². The summed E-state index contributed by atoms with van der Waals surface area (Å²) in [6, 6.07) is 0.445. The molecule has 0 radical (unpaired) electrons. The first-order valence-electron chi connectivity index (χ1n) is 5.17. The van der Waals surface area contributed by atoms with Gasteiger partial charge in [-0.15, -0.1) is 0 Å². The largest absolute Gasteiger partial charge is 0.376 e. The fourth-order valence-corrected chi connectivity index (χ4v) is 1.31. The highest BCUT2D eigenvalue weighted by Crippen LogP contribution is 2.18. The Morgan fingerprint density at radius 3 is 3.13 bits per heavy atom. The van der Waals surface area contributed by atoms with E-state index in [2.05, 4.69) is 22.4 Å². The fraction of sp³-hybridized carbons (Fsp3) is 0.778. The van der Waals surface area contributed by atoms with Gasteiger partial charge >= 0.3 is 6.01 Å². The van der Waals surface area contributed by atoms with E-state index in [1.54, 1.807) is 0 Å². The van der Waals surface area contributed by atoms with Crippen molar-refractivity contribution in [2.75, 3.05) is 31.7 Å². The first-order chi connectivity index (χ1) is 7.40. The van der Waals surface area contributed by atoms with Crippen molar-refractivity contribution in [2.45, 2.75) is 19.4 Å². The minimum absolute atomic E-state index is 0.195. The number of aromatic nitrogens is 2. The molecular weight excluding hydrogens is 198 g/mol. The second kappa shape index (κ2) is 5.09. The molecule has 1 fully saturated rings. The summed E-state index contributed by atoms with van der Waals surface area (Å²) in [6.45, 7) is 4.60. The van der Waals surface area contributed by atoms with Crippen LogP contribution in [0.4, 0.5) is 6.01 Å². The standard InChI is InChI=1S/C9H15N3O3/c1-2-3-10-9-11-8(12-15-9)7-6-13-4-5-14-7/h7H,2-6H2,1H3,(H,10,11,12). The van der Waals surface area contributed by atoms with Gasteiger partial charge < -0.3 is 19.3 Å². The zero-order valence-corrected chi connectivity index (χ0v) is 8.73. The van der Waals surface area contributed by atoms with Gasteiger partial charge in [0, 0.05) is 6.54 Å². The second-order valence-electron chi connectivity index (χ2n) is 3.32. The molecule has 1 atom stereocenters. The number of ether oxygens (including phenoxy) is 2. The van der Waals surface area contributed by atoms with Gasteiger partial charge in [-0.1, -0.05) is 12.1 Å². The Hall–Kier alpha value is -1.14. The molecule has 0 amide bonds. The molecule has 0 aliphatic carbocycles. The van der Waals surface area contributed by atoms with Gasteiger partial charge in [0.05, 0.1) is 19.8 Å². The lowest BCUT2D eigenvalue weighted by atomic mass is 10.3. The summed E-state index contributed by atoms with van der Waals surface area (Å²) in [7, 11) is 0. The lowest BCUT2D eigenvalue weighted by molar-refractivity contribution is -0.0941. The third kappa shape index (κ3) is 2.66. The summed E-state index contributed by atoms with van der Waals surface area (Å²) in [5.74, 6) is 0.549. The van der Waals surface area contributed by atoms with Crippen LogP contribution in [0.1, 0.15) is 25.3 Å². The summed E-state index contributed by atoms with van der Waals surface area (Å²) in [5.41, 5.74) is 0. The SMILES string of the molecule is CCCNc1nc(C2COCCO2)no1. The van der Waals surface area contributed by atoms with Gasteiger partial charge in [-0.3, -0.25) is 0 Å². The molecule has 0 saturated carbocycles. The molecule has 84 valence electrons. The average molecular weight is 213 g/mol. The summed E-state index contributed by atoms with van der Waals surface area (Å²) in [6.07, 6.45) is 0.820. The average Bonchev–Trinajstić information content (AvgIpc) is 2.76. The molecular formula is C9H15N3O3. The molecule has 6 nitrogen and oxygen atoms in total. The minimum Gasteiger partial charge on any atom is -0.376 e. The molecule has 2 heterocycles. The maximum Gasteiger partial charge on any atom is 0.321 e. The molecule has 1 aromatic rings. The Morgan fingerprint density at radius 1 is 1.47 bits per heavy atom. The van der Waals surface area contributed by atoms with Crippen LogP contribution >= 0.6 is 0 Å². The first-order valence-corrected chi connectivity index (χ1v) is 5.17. The van der Waals surface area contributed by atoms with Crippen LogP contribution in [0.15, 0.2) is 4.52 Å². The van der Waals surface area contributed by atoms with Crippen LogP contribution in [0.5, 0.6) is 0 Å². The molecule has 15 heavy (non-hydrogen) atoms. The highest BCUT2D eigenvalue weighted by Gasteiger charge is 2.22.